The first kappa shape index (κ1) is 17.5. The Hall–Kier alpha value is -2.86. The molecule has 0 aliphatic rings. The first-order chi connectivity index (χ1) is 11.5. The van der Waals surface area contributed by atoms with Crippen LogP contribution in [0.25, 0.3) is 0 Å². The minimum atomic E-state index is -0.559. The minimum Gasteiger partial charge on any atom is -0.343 e. The van der Waals surface area contributed by atoms with Crippen molar-refractivity contribution in [3.05, 3.63) is 70.2 Å². The van der Waals surface area contributed by atoms with Crippen molar-refractivity contribution in [3.8, 4) is 0 Å². The van der Waals surface area contributed by atoms with Gasteiger partial charge in [-0.1, -0.05) is 41.4 Å². The van der Waals surface area contributed by atoms with Crippen LogP contribution in [0.1, 0.15) is 26.3 Å². The van der Waals surface area contributed by atoms with Gasteiger partial charge in [0.25, 0.3) is 17.7 Å². The molecule has 0 saturated heterocycles. The van der Waals surface area contributed by atoms with Gasteiger partial charge in [-0.15, -0.1) is 0 Å². The van der Waals surface area contributed by atoms with Gasteiger partial charge in [0.05, 0.1) is 17.1 Å². The molecule has 0 spiro atoms. The van der Waals surface area contributed by atoms with E-state index >= 15 is 0 Å². The number of hydrogen-bond acceptors (Lipinski definition) is 3. The summed E-state index contributed by atoms with van der Waals surface area (Å²) in [4.78, 5) is 35.5. The highest BCUT2D eigenvalue weighted by atomic mass is 35.5. The summed E-state index contributed by atoms with van der Waals surface area (Å²) < 4.78 is 0. The SMILES string of the molecule is Cc1cccc(C(=O)NCC(=O)NNC(=O)c2ccccc2Cl)c1. The number of hydrazine groups is 1. The zero-order chi connectivity index (χ0) is 17.5. The van der Waals surface area contributed by atoms with Crippen molar-refractivity contribution in [2.75, 3.05) is 6.54 Å². The fourth-order valence-electron chi connectivity index (χ4n) is 1.93. The molecule has 7 heteroatoms. The molecule has 0 atom stereocenters. The maximum Gasteiger partial charge on any atom is 0.271 e. The summed E-state index contributed by atoms with van der Waals surface area (Å²) in [6.07, 6.45) is 0. The number of aryl methyl sites for hydroxylation is 1. The van der Waals surface area contributed by atoms with E-state index in [4.69, 9.17) is 11.6 Å². The third kappa shape index (κ3) is 4.82. The average Bonchev–Trinajstić information content (AvgIpc) is 2.58. The Morgan fingerprint density at radius 1 is 0.958 bits per heavy atom. The number of carbonyl (C=O) groups excluding carboxylic acids is 3. The van der Waals surface area contributed by atoms with Gasteiger partial charge in [-0.3, -0.25) is 25.2 Å². The first-order valence-electron chi connectivity index (χ1n) is 7.16. The van der Waals surface area contributed by atoms with Crippen LogP contribution in [-0.4, -0.2) is 24.3 Å². The standard InChI is InChI=1S/C17H16ClN3O3/c1-11-5-4-6-12(9-11)16(23)19-10-15(22)20-21-17(24)13-7-2-3-8-14(13)18/h2-9H,10H2,1H3,(H,19,23)(H,20,22)(H,21,24). The van der Waals surface area contributed by atoms with Crippen LogP contribution < -0.4 is 16.2 Å². The van der Waals surface area contributed by atoms with E-state index < -0.39 is 11.8 Å². The van der Waals surface area contributed by atoms with E-state index in [9.17, 15) is 14.4 Å². The van der Waals surface area contributed by atoms with E-state index in [0.717, 1.165) is 5.56 Å². The molecule has 0 saturated carbocycles. The van der Waals surface area contributed by atoms with E-state index in [1.807, 2.05) is 13.0 Å². The van der Waals surface area contributed by atoms with Crippen LogP contribution in [0.5, 0.6) is 0 Å². The molecule has 0 radical (unpaired) electrons. The second kappa shape index (κ2) is 8.12. The molecule has 3 N–H and O–H groups in total. The third-order valence-electron chi connectivity index (χ3n) is 3.12. The molecule has 2 aromatic carbocycles. The van der Waals surface area contributed by atoms with Crippen molar-refractivity contribution in [1.82, 2.24) is 16.2 Å². The predicted molar refractivity (Wildman–Crippen MR) is 90.6 cm³/mol. The fraction of sp³-hybridized carbons (Fsp3) is 0.118. The summed E-state index contributed by atoms with van der Waals surface area (Å²) >= 11 is 5.89. The van der Waals surface area contributed by atoms with Gasteiger partial charge in [0.1, 0.15) is 0 Å². The summed E-state index contributed by atoms with van der Waals surface area (Å²) in [5.74, 6) is -1.47. The van der Waals surface area contributed by atoms with Crippen LogP contribution in [0.15, 0.2) is 48.5 Å². The topological polar surface area (TPSA) is 87.3 Å². The molecular weight excluding hydrogens is 330 g/mol. The number of rotatable bonds is 4. The maximum atomic E-state index is 11.9. The van der Waals surface area contributed by atoms with E-state index in [0.29, 0.717) is 5.56 Å². The van der Waals surface area contributed by atoms with E-state index in [2.05, 4.69) is 16.2 Å². The van der Waals surface area contributed by atoms with E-state index in [1.165, 1.54) is 6.07 Å². The summed E-state index contributed by atoms with van der Waals surface area (Å²) in [5, 5.41) is 2.75. The maximum absolute atomic E-state index is 11.9. The lowest BCUT2D eigenvalue weighted by Crippen LogP contribution is -2.46. The molecule has 6 nitrogen and oxygen atoms in total. The zero-order valence-electron chi connectivity index (χ0n) is 12.9. The second-order valence-corrected chi connectivity index (χ2v) is 5.44. The van der Waals surface area contributed by atoms with Crippen LogP contribution in [-0.2, 0) is 4.79 Å². The zero-order valence-corrected chi connectivity index (χ0v) is 13.7. The quantitative estimate of drug-likeness (QED) is 0.739. The molecule has 0 aliphatic heterocycles. The van der Waals surface area contributed by atoms with Crippen molar-refractivity contribution >= 4 is 29.3 Å². The number of benzene rings is 2. The Labute approximate surface area is 144 Å². The molecule has 0 heterocycles. The van der Waals surface area contributed by atoms with Crippen molar-refractivity contribution in [1.29, 1.82) is 0 Å². The molecule has 2 aromatic rings. The Morgan fingerprint density at radius 3 is 2.42 bits per heavy atom. The Morgan fingerprint density at radius 2 is 1.71 bits per heavy atom. The molecule has 0 unspecified atom stereocenters. The molecule has 0 bridgehead atoms. The summed E-state index contributed by atoms with van der Waals surface area (Å²) in [6, 6.07) is 13.4. The van der Waals surface area contributed by atoms with Gasteiger partial charge in [0, 0.05) is 5.56 Å². The highest BCUT2D eigenvalue weighted by molar-refractivity contribution is 6.33. The largest absolute Gasteiger partial charge is 0.343 e. The number of hydrogen-bond donors (Lipinski definition) is 3. The Bertz CT molecular complexity index is 777. The number of amides is 3. The van der Waals surface area contributed by atoms with Crippen LogP contribution >= 0.6 is 11.6 Å². The summed E-state index contributed by atoms with van der Waals surface area (Å²) in [7, 11) is 0. The van der Waals surface area contributed by atoms with Gasteiger partial charge in [-0.25, -0.2) is 0 Å². The van der Waals surface area contributed by atoms with Crippen LogP contribution in [0.2, 0.25) is 5.02 Å². The minimum absolute atomic E-state index is 0.239. The number of carbonyl (C=O) groups is 3. The second-order valence-electron chi connectivity index (χ2n) is 5.03. The smallest absolute Gasteiger partial charge is 0.271 e. The normalized spacial score (nSPS) is 9.92. The molecule has 24 heavy (non-hydrogen) atoms. The highest BCUT2D eigenvalue weighted by Crippen LogP contribution is 2.13. The third-order valence-corrected chi connectivity index (χ3v) is 3.45. The lowest BCUT2D eigenvalue weighted by molar-refractivity contribution is -0.120. The van der Waals surface area contributed by atoms with Gasteiger partial charge >= 0.3 is 0 Å². The van der Waals surface area contributed by atoms with Gasteiger partial charge in [0.2, 0.25) is 0 Å². The molecule has 0 fully saturated rings. The fourth-order valence-corrected chi connectivity index (χ4v) is 2.15. The van der Waals surface area contributed by atoms with Crippen molar-refractivity contribution in [2.24, 2.45) is 0 Å². The monoisotopic (exact) mass is 345 g/mol. The van der Waals surface area contributed by atoms with E-state index in [-0.39, 0.29) is 23.0 Å². The molecule has 2 rings (SSSR count). The first-order valence-corrected chi connectivity index (χ1v) is 7.54. The van der Waals surface area contributed by atoms with Crippen LogP contribution in [0.4, 0.5) is 0 Å². The number of halogens is 1. The van der Waals surface area contributed by atoms with Crippen molar-refractivity contribution in [2.45, 2.75) is 6.92 Å². The van der Waals surface area contributed by atoms with Crippen LogP contribution in [0, 0.1) is 6.92 Å². The molecule has 0 aliphatic carbocycles. The molecule has 124 valence electrons. The van der Waals surface area contributed by atoms with Gasteiger partial charge in [0.15, 0.2) is 0 Å². The Balaban J connectivity index is 1.80. The lowest BCUT2D eigenvalue weighted by Gasteiger charge is -2.09. The predicted octanol–water partition coefficient (Wildman–Crippen LogP) is 1.84. The highest BCUT2D eigenvalue weighted by Gasteiger charge is 2.11. The molecule has 0 aromatic heterocycles. The lowest BCUT2D eigenvalue weighted by atomic mass is 10.1. The van der Waals surface area contributed by atoms with Gasteiger partial charge < -0.3 is 5.32 Å². The van der Waals surface area contributed by atoms with E-state index in [1.54, 1.807) is 36.4 Å². The van der Waals surface area contributed by atoms with Gasteiger partial charge in [-0.05, 0) is 31.2 Å². The van der Waals surface area contributed by atoms with Gasteiger partial charge in [-0.2, -0.15) is 0 Å². The summed E-state index contributed by atoms with van der Waals surface area (Å²) in [5.41, 5.74) is 6.10. The van der Waals surface area contributed by atoms with Crippen molar-refractivity contribution < 1.29 is 14.4 Å². The van der Waals surface area contributed by atoms with Crippen LogP contribution in [0.3, 0.4) is 0 Å². The Kier molecular flexibility index (Phi) is 5.92. The number of nitrogens with one attached hydrogen (secondary N) is 3. The van der Waals surface area contributed by atoms with Crippen molar-refractivity contribution in [3.63, 3.8) is 0 Å². The average molecular weight is 346 g/mol. The summed E-state index contributed by atoms with van der Waals surface area (Å²) in [6.45, 7) is 1.60. The molecular formula is C17H16ClN3O3. The molecule has 3 amide bonds.